The first kappa shape index (κ1) is 44.1. The maximum absolute atomic E-state index is 14.1. The molecule has 0 aromatic rings. The van der Waals surface area contributed by atoms with E-state index in [4.69, 9.17) is 28.4 Å². The van der Waals surface area contributed by atoms with Crippen LogP contribution in [-0.2, 0) is 38.0 Å². The molecule has 0 bridgehead atoms. The molecule has 0 spiro atoms. The van der Waals surface area contributed by atoms with Crippen LogP contribution < -0.4 is 0 Å². The predicted octanol–water partition coefficient (Wildman–Crippen LogP) is 1.79. The summed E-state index contributed by atoms with van der Waals surface area (Å²) in [6.07, 6.45) is -9.71. The number of nitrogens with zero attached hydrogens (tertiary/aromatic N) is 1. The average molecular weight is 734 g/mol. The number of carbonyl (C=O) groups is 2. The van der Waals surface area contributed by atoms with E-state index >= 15 is 0 Å². The molecule has 18 atom stereocenters. The van der Waals surface area contributed by atoms with Gasteiger partial charge in [0.2, 0.25) is 0 Å². The number of carbonyl (C=O) groups excluding carboxylic acids is 2. The number of ketones is 1. The summed E-state index contributed by atoms with van der Waals surface area (Å²) in [5.41, 5.74) is -4.84. The molecule has 0 aromatic heterocycles. The van der Waals surface area contributed by atoms with E-state index in [0.29, 0.717) is 6.42 Å². The molecule has 0 amide bonds. The first-order valence-electron chi connectivity index (χ1n) is 18.5. The highest BCUT2D eigenvalue weighted by Crippen LogP contribution is 2.40. The Kier molecular flexibility index (Phi) is 14.7. The molecular formula is C37H67NO13. The molecule has 14 nitrogen and oxygen atoms in total. The molecule has 0 saturated carbocycles. The lowest BCUT2D eigenvalue weighted by Crippen LogP contribution is -2.61. The minimum absolute atomic E-state index is 0.0936. The summed E-state index contributed by atoms with van der Waals surface area (Å²) in [7, 11) is 5.18. The molecule has 0 aromatic carbocycles. The third-order valence-electron chi connectivity index (χ3n) is 11.8. The largest absolute Gasteiger partial charge is 0.459 e. The monoisotopic (exact) mass is 733 g/mol. The Bertz CT molecular complexity index is 1170. The zero-order valence-corrected chi connectivity index (χ0v) is 32.9. The van der Waals surface area contributed by atoms with Gasteiger partial charge in [-0.25, -0.2) is 0 Å². The smallest absolute Gasteiger partial charge is 0.311 e. The predicted molar refractivity (Wildman–Crippen MR) is 186 cm³/mol. The lowest BCUT2D eigenvalue weighted by atomic mass is 9.74. The summed E-state index contributed by atoms with van der Waals surface area (Å²) in [4.78, 5) is 29.8. The van der Waals surface area contributed by atoms with Crippen molar-refractivity contribution in [3.63, 3.8) is 0 Å². The topological polar surface area (TPSA) is 194 Å². The number of likely N-dealkylation sites (N-methyl/N-ethyl adjacent to an activating group) is 1. The quantitative estimate of drug-likeness (QED) is 0.238. The fraction of sp³-hybridized carbons (Fsp3) is 0.946. The van der Waals surface area contributed by atoms with Gasteiger partial charge >= 0.3 is 5.97 Å². The van der Waals surface area contributed by atoms with Crippen LogP contribution in [0.1, 0.15) is 94.9 Å². The summed E-state index contributed by atoms with van der Waals surface area (Å²) in [6.45, 7) is 16.3. The van der Waals surface area contributed by atoms with E-state index in [1.165, 1.54) is 27.9 Å². The van der Waals surface area contributed by atoms with Crippen LogP contribution in [0.5, 0.6) is 0 Å². The molecule has 0 aliphatic carbocycles. The Morgan fingerprint density at radius 1 is 0.882 bits per heavy atom. The summed E-state index contributed by atoms with van der Waals surface area (Å²) >= 11 is 0. The van der Waals surface area contributed by atoms with Gasteiger partial charge in [-0.15, -0.1) is 0 Å². The van der Waals surface area contributed by atoms with Gasteiger partial charge in [0.05, 0.1) is 47.6 Å². The lowest BCUT2D eigenvalue weighted by molar-refractivity contribution is -0.318. The van der Waals surface area contributed by atoms with Crippen LogP contribution in [0.25, 0.3) is 0 Å². The van der Waals surface area contributed by atoms with Gasteiger partial charge in [0, 0.05) is 37.3 Å². The lowest BCUT2D eigenvalue weighted by Gasteiger charge is -2.49. The zero-order valence-electron chi connectivity index (χ0n) is 32.9. The number of hydrogen-bond acceptors (Lipinski definition) is 14. The van der Waals surface area contributed by atoms with Gasteiger partial charge in [0.15, 0.2) is 12.6 Å². The van der Waals surface area contributed by atoms with Crippen LogP contribution in [-0.4, -0.2) is 148 Å². The molecule has 3 aliphatic heterocycles. The minimum atomic E-state index is -1.99. The molecule has 5 N–H and O–H groups in total. The van der Waals surface area contributed by atoms with Crippen molar-refractivity contribution in [1.82, 2.24) is 4.90 Å². The van der Waals surface area contributed by atoms with Gasteiger partial charge in [-0.05, 0) is 74.9 Å². The first-order valence-corrected chi connectivity index (χ1v) is 18.5. The normalized spacial score (nSPS) is 49.7. The number of aliphatic hydroxyl groups excluding tert-OH is 3. The number of Topliss-reactive ketones (excluding diaryl/α,β-unsaturated/α-hetero) is 1. The van der Waals surface area contributed by atoms with E-state index < -0.39 is 108 Å². The van der Waals surface area contributed by atoms with Gasteiger partial charge in [0.1, 0.15) is 29.7 Å². The Morgan fingerprint density at radius 2 is 1.49 bits per heavy atom. The van der Waals surface area contributed by atoms with E-state index in [2.05, 4.69) is 0 Å². The third kappa shape index (κ3) is 9.51. The molecule has 3 rings (SSSR count). The van der Waals surface area contributed by atoms with Crippen LogP contribution >= 0.6 is 0 Å². The number of hydrogen-bond donors (Lipinski definition) is 5. The maximum atomic E-state index is 14.1. The van der Waals surface area contributed by atoms with Crippen LogP contribution in [0.15, 0.2) is 0 Å². The van der Waals surface area contributed by atoms with E-state index in [1.807, 2.05) is 25.9 Å². The molecule has 14 heteroatoms. The van der Waals surface area contributed by atoms with Crippen molar-refractivity contribution < 1.29 is 63.5 Å². The van der Waals surface area contributed by atoms with Crippen LogP contribution in [0.3, 0.4) is 0 Å². The number of esters is 1. The van der Waals surface area contributed by atoms with Gasteiger partial charge in [-0.1, -0.05) is 27.7 Å². The number of aliphatic hydroxyl groups is 5. The second kappa shape index (κ2) is 17.0. The highest BCUT2D eigenvalue weighted by Gasteiger charge is 2.53. The Balaban J connectivity index is 2.18. The summed E-state index contributed by atoms with van der Waals surface area (Å²) < 4.78 is 37.1. The van der Waals surface area contributed by atoms with Crippen LogP contribution in [0.2, 0.25) is 0 Å². The van der Waals surface area contributed by atoms with Crippen molar-refractivity contribution in [3.05, 3.63) is 0 Å². The van der Waals surface area contributed by atoms with Crippen molar-refractivity contribution in [2.45, 2.75) is 179 Å². The molecule has 3 saturated heterocycles. The molecular weight excluding hydrogens is 666 g/mol. The molecule has 51 heavy (non-hydrogen) atoms. The fourth-order valence-electron chi connectivity index (χ4n) is 8.41. The minimum Gasteiger partial charge on any atom is -0.459 e. The molecule has 298 valence electrons. The highest BCUT2D eigenvalue weighted by molar-refractivity contribution is 5.83. The second-order valence-electron chi connectivity index (χ2n) is 16.5. The average Bonchev–Trinajstić information content (AvgIpc) is 3.05. The second-order valence-corrected chi connectivity index (χ2v) is 16.5. The Labute approximate surface area is 304 Å². The van der Waals surface area contributed by atoms with Gasteiger partial charge < -0.3 is 58.9 Å². The van der Waals surface area contributed by atoms with Crippen molar-refractivity contribution in [1.29, 1.82) is 0 Å². The number of ether oxygens (including phenoxy) is 6. The molecule has 0 unspecified atom stereocenters. The summed E-state index contributed by atoms with van der Waals surface area (Å²) in [5.74, 6) is -4.98. The molecule has 3 heterocycles. The molecule has 3 fully saturated rings. The van der Waals surface area contributed by atoms with Crippen molar-refractivity contribution in [2.75, 3.05) is 21.2 Å². The van der Waals surface area contributed by atoms with Crippen molar-refractivity contribution >= 4 is 11.8 Å². The Morgan fingerprint density at radius 3 is 2.04 bits per heavy atom. The first-order chi connectivity index (χ1) is 23.4. The molecule has 0 radical (unpaired) electrons. The van der Waals surface area contributed by atoms with E-state index in [-0.39, 0.29) is 31.4 Å². The molecule has 3 aliphatic rings. The zero-order chi connectivity index (χ0) is 39.0. The van der Waals surface area contributed by atoms with Gasteiger partial charge in [-0.3, -0.25) is 9.59 Å². The standard InChI is InChI=1S/C37H67NO13/c1-14-25-37(10,45)30(41)20(4)27(39)18(2)16-35(8,44)32(51-34-28(40)24(38(11)12)15-19(3)47-34)21(5)29(22(6)33(43)49-25)50-26-17-36(9,46-13)31(42)23(7)48-26/h18-26,28-32,34,40-42,44-45H,14-17H2,1-13H3/t18-,19-,20+,21+,22-,23-,24-,25-,26+,28-,29+,30-,31+,32-,34+,35-,36+,37-/m1/s1. The van der Waals surface area contributed by atoms with Crippen LogP contribution in [0.4, 0.5) is 0 Å². The maximum Gasteiger partial charge on any atom is 0.311 e. The Hall–Kier alpha value is -1.30. The van der Waals surface area contributed by atoms with E-state index in [9.17, 15) is 35.1 Å². The SMILES string of the molecule is CC[C@H]1OC(=O)[C@H](C)[C@@H](O[C@H]2C[C@](C)(OC)[C@@H](O)[C@@H](C)O2)[C@H](C)[C@@H](O[C@@H]2O[C@H](C)C[C@@H](N(C)C)[C@H]2O)[C@](C)(O)C[C@@H](C)C(=O)[C@H](C)[C@@H](O)[C@]1(C)O. The van der Waals surface area contributed by atoms with Crippen molar-refractivity contribution in [2.24, 2.45) is 23.7 Å². The highest BCUT2D eigenvalue weighted by atomic mass is 16.7. The third-order valence-corrected chi connectivity index (χ3v) is 11.8. The van der Waals surface area contributed by atoms with Crippen LogP contribution in [0, 0.1) is 23.7 Å². The summed E-state index contributed by atoms with van der Waals surface area (Å²) in [6, 6.07) is -0.324. The van der Waals surface area contributed by atoms with Gasteiger partial charge in [-0.2, -0.15) is 0 Å². The van der Waals surface area contributed by atoms with E-state index in [1.54, 1.807) is 41.5 Å². The van der Waals surface area contributed by atoms with Gasteiger partial charge in [0.25, 0.3) is 0 Å². The fourth-order valence-corrected chi connectivity index (χ4v) is 8.41. The number of methoxy groups -OCH3 is 1. The van der Waals surface area contributed by atoms with Crippen molar-refractivity contribution in [3.8, 4) is 0 Å². The number of cyclic esters (lactones) is 1. The number of rotatable bonds is 7. The van der Waals surface area contributed by atoms with E-state index in [0.717, 1.165) is 0 Å². The summed E-state index contributed by atoms with van der Waals surface area (Å²) in [5, 5.41) is 57.6.